The standard InChI is InChI=1S/C17H21N3O2S.2ClH/c18-13-6-10-2-1-3-11(7-13)15(10)20-16(21)14-9-23-17(19-14)12-4-5-22-8-12;;/h4-5,8-11,13,15H,1-3,6-7,18H2,(H,20,21);2*1H. The van der Waals surface area contributed by atoms with E-state index in [4.69, 9.17) is 10.2 Å². The summed E-state index contributed by atoms with van der Waals surface area (Å²) >= 11 is 1.47. The molecule has 1 amide bonds. The van der Waals surface area contributed by atoms with Crippen LogP contribution < -0.4 is 11.1 Å². The van der Waals surface area contributed by atoms with Crippen molar-refractivity contribution in [2.75, 3.05) is 0 Å². The molecule has 0 spiro atoms. The summed E-state index contributed by atoms with van der Waals surface area (Å²) in [5.41, 5.74) is 7.57. The fourth-order valence-corrected chi connectivity index (χ4v) is 4.93. The van der Waals surface area contributed by atoms with Crippen LogP contribution in [0.15, 0.2) is 28.4 Å². The number of furan rings is 1. The molecule has 2 unspecified atom stereocenters. The predicted molar refractivity (Wildman–Crippen MR) is 104 cm³/mol. The highest BCUT2D eigenvalue weighted by molar-refractivity contribution is 7.13. The number of nitrogens with zero attached hydrogens (tertiary/aromatic N) is 1. The summed E-state index contributed by atoms with van der Waals surface area (Å²) in [4.78, 5) is 17.0. The smallest absolute Gasteiger partial charge is 0.271 e. The highest BCUT2D eigenvalue weighted by Crippen LogP contribution is 2.39. The van der Waals surface area contributed by atoms with Crippen LogP contribution in [0.2, 0.25) is 0 Å². The van der Waals surface area contributed by atoms with Crippen molar-refractivity contribution in [2.24, 2.45) is 17.6 Å². The van der Waals surface area contributed by atoms with Gasteiger partial charge in [-0.05, 0) is 43.6 Å². The molecular formula is C17H23Cl2N3O2S. The topological polar surface area (TPSA) is 81.1 Å². The molecule has 2 aliphatic rings. The molecule has 2 bridgehead atoms. The van der Waals surface area contributed by atoms with E-state index in [0.29, 0.717) is 23.6 Å². The number of fused-ring (bicyclic) bond motifs is 2. The van der Waals surface area contributed by atoms with Crippen LogP contribution in [-0.2, 0) is 0 Å². The fraction of sp³-hybridized carbons (Fsp3) is 0.529. The van der Waals surface area contributed by atoms with Crippen LogP contribution in [0.1, 0.15) is 42.6 Å². The number of thiazole rings is 1. The van der Waals surface area contributed by atoms with E-state index >= 15 is 0 Å². The zero-order valence-electron chi connectivity index (χ0n) is 13.7. The first kappa shape index (κ1) is 20.2. The van der Waals surface area contributed by atoms with E-state index in [1.807, 2.05) is 11.4 Å². The summed E-state index contributed by atoms with van der Waals surface area (Å²) in [5, 5.41) is 5.88. The number of carbonyl (C=O) groups is 1. The van der Waals surface area contributed by atoms with E-state index in [0.717, 1.165) is 23.4 Å². The van der Waals surface area contributed by atoms with E-state index in [2.05, 4.69) is 10.3 Å². The van der Waals surface area contributed by atoms with Crippen molar-refractivity contribution in [2.45, 2.75) is 44.2 Å². The number of nitrogens with one attached hydrogen (secondary N) is 1. The Morgan fingerprint density at radius 3 is 2.64 bits per heavy atom. The van der Waals surface area contributed by atoms with Crippen molar-refractivity contribution in [1.29, 1.82) is 0 Å². The maximum absolute atomic E-state index is 12.6. The first-order valence-electron chi connectivity index (χ1n) is 8.25. The first-order chi connectivity index (χ1) is 11.2. The van der Waals surface area contributed by atoms with Gasteiger partial charge >= 0.3 is 0 Å². The van der Waals surface area contributed by atoms with Crippen LogP contribution in [0.5, 0.6) is 0 Å². The molecule has 2 heterocycles. The molecule has 8 heteroatoms. The lowest BCUT2D eigenvalue weighted by atomic mass is 9.67. The van der Waals surface area contributed by atoms with Gasteiger partial charge in [0.1, 0.15) is 17.0 Å². The molecular weight excluding hydrogens is 381 g/mol. The Morgan fingerprint density at radius 1 is 1.28 bits per heavy atom. The minimum absolute atomic E-state index is 0. The molecule has 5 nitrogen and oxygen atoms in total. The quantitative estimate of drug-likeness (QED) is 0.814. The second kappa shape index (κ2) is 8.54. The number of aromatic nitrogens is 1. The molecule has 0 aromatic carbocycles. The number of hydrogen-bond acceptors (Lipinski definition) is 5. The van der Waals surface area contributed by atoms with Crippen molar-refractivity contribution in [1.82, 2.24) is 10.3 Å². The average Bonchev–Trinajstić information content (AvgIpc) is 3.19. The van der Waals surface area contributed by atoms with Gasteiger partial charge in [0.25, 0.3) is 5.91 Å². The van der Waals surface area contributed by atoms with Gasteiger partial charge in [0.05, 0.1) is 6.26 Å². The minimum Gasteiger partial charge on any atom is -0.472 e. The number of halogens is 2. The molecule has 25 heavy (non-hydrogen) atoms. The van der Waals surface area contributed by atoms with E-state index in [1.165, 1.54) is 30.6 Å². The zero-order valence-corrected chi connectivity index (χ0v) is 16.2. The van der Waals surface area contributed by atoms with Gasteiger partial charge in [-0.1, -0.05) is 6.42 Å². The number of amides is 1. The van der Waals surface area contributed by atoms with Gasteiger partial charge in [-0.15, -0.1) is 36.2 Å². The Balaban J connectivity index is 0.00000113. The summed E-state index contributed by atoms with van der Waals surface area (Å²) in [6.45, 7) is 0. The average molecular weight is 404 g/mol. The molecule has 4 rings (SSSR count). The van der Waals surface area contributed by atoms with E-state index in [-0.39, 0.29) is 36.8 Å². The summed E-state index contributed by atoms with van der Waals surface area (Å²) in [6, 6.07) is 2.41. The molecule has 2 aromatic rings. The van der Waals surface area contributed by atoms with Crippen LogP contribution in [0.4, 0.5) is 0 Å². The highest BCUT2D eigenvalue weighted by atomic mass is 35.5. The second-order valence-corrected chi connectivity index (χ2v) is 7.59. The Labute approximate surface area is 163 Å². The number of hydrogen-bond donors (Lipinski definition) is 2. The fourth-order valence-electron chi connectivity index (χ4n) is 4.15. The third-order valence-corrected chi connectivity index (χ3v) is 6.07. The monoisotopic (exact) mass is 403 g/mol. The van der Waals surface area contributed by atoms with Crippen LogP contribution in [0, 0.1) is 11.8 Å². The number of rotatable bonds is 3. The predicted octanol–water partition coefficient (Wildman–Crippen LogP) is 3.88. The first-order valence-corrected chi connectivity index (χ1v) is 9.13. The molecule has 2 aliphatic carbocycles. The molecule has 2 aromatic heterocycles. The lowest BCUT2D eigenvalue weighted by Crippen LogP contribution is -2.53. The molecule has 138 valence electrons. The van der Waals surface area contributed by atoms with E-state index < -0.39 is 0 Å². The van der Waals surface area contributed by atoms with Gasteiger partial charge in [0.2, 0.25) is 0 Å². The Morgan fingerprint density at radius 2 is 2.00 bits per heavy atom. The molecule has 2 fully saturated rings. The largest absolute Gasteiger partial charge is 0.472 e. The van der Waals surface area contributed by atoms with Gasteiger partial charge < -0.3 is 15.5 Å². The number of carbonyl (C=O) groups excluding carboxylic acids is 1. The zero-order chi connectivity index (χ0) is 15.8. The Kier molecular flexibility index (Phi) is 6.91. The van der Waals surface area contributed by atoms with Gasteiger partial charge in [-0.25, -0.2) is 4.98 Å². The van der Waals surface area contributed by atoms with E-state index in [1.54, 1.807) is 12.5 Å². The molecule has 0 radical (unpaired) electrons. The SMILES string of the molecule is Cl.Cl.NC1CC2CCCC(C1)C2NC(=O)c1csc(-c2ccoc2)n1. The maximum Gasteiger partial charge on any atom is 0.271 e. The van der Waals surface area contributed by atoms with Crippen molar-refractivity contribution in [3.05, 3.63) is 29.7 Å². The molecule has 0 aliphatic heterocycles. The van der Waals surface area contributed by atoms with Gasteiger partial charge in [-0.2, -0.15) is 0 Å². The van der Waals surface area contributed by atoms with Crippen LogP contribution >= 0.6 is 36.2 Å². The minimum atomic E-state index is -0.0617. The maximum atomic E-state index is 12.6. The lowest BCUT2D eigenvalue weighted by molar-refractivity contribution is 0.0752. The second-order valence-electron chi connectivity index (χ2n) is 6.73. The number of nitrogens with two attached hydrogens (primary N) is 1. The summed E-state index contributed by atoms with van der Waals surface area (Å²) < 4.78 is 5.07. The normalized spacial score (nSPS) is 27.7. The van der Waals surface area contributed by atoms with Crippen molar-refractivity contribution >= 4 is 42.1 Å². The Bertz CT molecular complexity index is 678. The molecule has 3 N–H and O–H groups in total. The third-order valence-electron chi connectivity index (χ3n) is 5.18. The summed E-state index contributed by atoms with van der Waals surface area (Å²) in [5.74, 6) is 0.982. The molecule has 0 saturated heterocycles. The summed E-state index contributed by atoms with van der Waals surface area (Å²) in [7, 11) is 0. The van der Waals surface area contributed by atoms with Gasteiger partial charge in [-0.3, -0.25) is 4.79 Å². The van der Waals surface area contributed by atoms with Crippen LogP contribution in [-0.4, -0.2) is 23.0 Å². The van der Waals surface area contributed by atoms with Crippen molar-refractivity contribution < 1.29 is 9.21 Å². The van der Waals surface area contributed by atoms with Gasteiger partial charge in [0, 0.05) is 23.0 Å². The van der Waals surface area contributed by atoms with Crippen molar-refractivity contribution in [3.8, 4) is 10.6 Å². The van der Waals surface area contributed by atoms with Gasteiger partial charge in [0.15, 0.2) is 0 Å². The lowest BCUT2D eigenvalue weighted by Gasteiger charge is -2.45. The van der Waals surface area contributed by atoms with E-state index in [9.17, 15) is 4.79 Å². The van der Waals surface area contributed by atoms with Crippen molar-refractivity contribution in [3.63, 3.8) is 0 Å². The third kappa shape index (κ3) is 4.19. The highest BCUT2D eigenvalue weighted by Gasteiger charge is 2.40. The Hall–Kier alpha value is -1.08. The van der Waals surface area contributed by atoms with Crippen LogP contribution in [0.25, 0.3) is 10.6 Å². The molecule has 2 atom stereocenters. The summed E-state index contributed by atoms with van der Waals surface area (Å²) in [6.07, 6.45) is 8.92. The molecule has 2 saturated carbocycles. The van der Waals surface area contributed by atoms with Crippen LogP contribution in [0.3, 0.4) is 0 Å².